The molecule has 1 amide bonds. The molecular weight excluding hydrogens is 265 g/mol. The van der Waals surface area contributed by atoms with Crippen LogP contribution in [0.4, 0.5) is 0 Å². The van der Waals surface area contributed by atoms with Crippen molar-refractivity contribution in [3.05, 3.63) is 39.9 Å². The molecule has 0 aliphatic heterocycles. The molecule has 0 heterocycles. The largest absolute Gasteiger partial charge is 0.480 e. The number of carboxylic acids is 1. The van der Waals surface area contributed by atoms with E-state index in [9.17, 15) is 9.59 Å². The lowest BCUT2D eigenvalue weighted by molar-refractivity contribution is -0.137. The second-order valence-corrected chi connectivity index (χ2v) is 3.87. The van der Waals surface area contributed by atoms with Crippen LogP contribution in [0.5, 0.6) is 0 Å². The number of rotatable bonds is 4. The summed E-state index contributed by atoms with van der Waals surface area (Å²) < 4.78 is 0. The Morgan fingerprint density at radius 2 is 2.06 bits per heavy atom. The number of amides is 1. The minimum Gasteiger partial charge on any atom is -0.480 e. The highest BCUT2D eigenvalue weighted by Crippen LogP contribution is 2.26. The molecule has 0 aliphatic rings. The van der Waals surface area contributed by atoms with Crippen LogP contribution in [-0.4, -0.2) is 23.5 Å². The Bertz CT molecular complexity index is 472. The molecule has 0 spiro atoms. The van der Waals surface area contributed by atoms with Gasteiger partial charge in [0.2, 0.25) is 5.91 Å². The van der Waals surface area contributed by atoms with Crippen LogP contribution in [0.25, 0.3) is 6.08 Å². The number of halogens is 2. The Hall–Kier alpha value is -1.52. The topological polar surface area (TPSA) is 66.4 Å². The van der Waals surface area contributed by atoms with Crippen LogP contribution in [0.3, 0.4) is 0 Å². The monoisotopic (exact) mass is 273 g/mol. The summed E-state index contributed by atoms with van der Waals surface area (Å²) in [7, 11) is 0. The third-order valence-corrected chi connectivity index (χ3v) is 2.64. The van der Waals surface area contributed by atoms with Crippen molar-refractivity contribution in [3.63, 3.8) is 0 Å². The Labute approximate surface area is 108 Å². The molecule has 0 radical (unpaired) electrons. The van der Waals surface area contributed by atoms with Crippen molar-refractivity contribution in [2.75, 3.05) is 6.54 Å². The Morgan fingerprint density at radius 1 is 1.35 bits per heavy atom. The molecule has 0 fully saturated rings. The number of carboxylic acid groups (broad SMARTS) is 1. The molecule has 17 heavy (non-hydrogen) atoms. The molecule has 0 saturated carbocycles. The highest BCUT2D eigenvalue weighted by Gasteiger charge is 2.02. The van der Waals surface area contributed by atoms with Crippen molar-refractivity contribution in [1.29, 1.82) is 0 Å². The number of benzene rings is 1. The van der Waals surface area contributed by atoms with Gasteiger partial charge in [-0.2, -0.15) is 0 Å². The first kappa shape index (κ1) is 13.5. The molecule has 0 bridgehead atoms. The number of aliphatic carboxylic acids is 1. The number of carbonyl (C=O) groups excluding carboxylic acids is 1. The summed E-state index contributed by atoms with van der Waals surface area (Å²) in [5, 5.41) is 11.3. The molecule has 1 rings (SSSR count). The summed E-state index contributed by atoms with van der Waals surface area (Å²) >= 11 is 11.7. The molecule has 4 nitrogen and oxygen atoms in total. The van der Waals surface area contributed by atoms with Crippen LogP contribution >= 0.6 is 23.2 Å². The molecule has 0 aliphatic carbocycles. The van der Waals surface area contributed by atoms with Gasteiger partial charge in [0, 0.05) is 6.08 Å². The van der Waals surface area contributed by atoms with Crippen molar-refractivity contribution >= 4 is 41.2 Å². The second-order valence-electron chi connectivity index (χ2n) is 3.09. The molecule has 1 aromatic carbocycles. The molecule has 6 heteroatoms. The van der Waals surface area contributed by atoms with Gasteiger partial charge in [-0.15, -0.1) is 0 Å². The van der Waals surface area contributed by atoms with Crippen LogP contribution < -0.4 is 5.32 Å². The Kier molecular flexibility index (Phi) is 5.00. The van der Waals surface area contributed by atoms with E-state index in [1.807, 2.05) is 0 Å². The van der Waals surface area contributed by atoms with Crippen molar-refractivity contribution in [1.82, 2.24) is 5.32 Å². The fraction of sp³-hybridized carbons (Fsp3) is 0.0909. The van der Waals surface area contributed by atoms with E-state index in [4.69, 9.17) is 28.3 Å². The van der Waals surface area contributed by atoms with Gasteiger partial charge in [-0.1, -0.05) is 35.3 Å². The second kappa shape index (κ2) is 6.27. The maximum Gasteiger partial charge on any atom is 0.322 e. The Morgan fingerprint density at radius 3 is 2.71 bits per heavy atom. The Balaban J connectivity index is 2.67. The summed E-state index contributed by atoms with van der Waals surface area (Å²) in [5.41, 5.74) is 0.588. The summed E-state index contributed by atoms with van der Waals surface area (Å²) in [6.07, 6.45) is 2.66. The quantitative estimate of drug-likeness (QED) is 0.827. The van der Waals surface area contributed by atoms with Gasteiger partial charge in [-0.05, 0) is 17.7 Å². The van der Waals surface area contributed by atoms with E-state index in [1.54, 1.807) is 18.2 Å². The van der Waals surface area contributed by atoms with Gasteiger partial charge in [0.25, 0.3) is 0 Å². The summed E-state index contributed by atoms with van der Waals surface area (Å²) in [6.45, 7) is -0.424. The number of hydrogen-bond acceptors (Lipinski definition) is 2. The normalized spacial score (nSPS) is 10.5. The van der Waals surface area contributed by atoms with Gasteiger partial charge >= 0.3 is 5.97 Å². The van der Waals surface area contributed by atoms with E-state index in [0.717, 1.165) is 0 Å². The fourth-order valence-electron chi connectivity index (χ4n) is 1.04. The van der Waals surface area contributed by atoms with Gasteiger partial charge in [0.15, 0.2) is 0 Å². The van der Waals surface area contributed by atoms with E-state index >= 15 is 0 Å². The first-order valence-corrected chi connectivity index (χ1v) is 5.38. The van der Waals surface area contributed by atoms with Crippen LogP contribution in [0.15, 0.2) is 24.3 Å². The van der Waals surface area contributed by atoms with Crippen molar-refractivity contribution in [2.45, 2.75) is 0 Å². The lowest BCUT2D eigenvalue weighted by Crippen LogP contribution is -2.27. The molecular formula is C11H9Cl2NO3. The predicted molar refractivity (Wildman–Crippen MR) is 66.1 cm³/mol. The van der Waals surface area contributed by atoms with Gasteiger partial charge < -0.3 is 10.4 Å². The molecule has 90 valence electrons. The molecule has 1 aromatic rings. The lowest BCUT2D eigenvalue weighted by Gasteiger charge is -2.00. The van der Waals surface area contributed by atoms with Gasteiger partial charge in [-0.25, -0.2) is 0 Å². The van der Waals surface area contributed by atoms with E-state index in [2.05, 4.69) is 5.32 Å². The minimum atomic E-state index is -1.10. The van der Waals surface area contributed by atoms with Gasteiger partial charge in [0.05, 0.1) is 10.0 Å². The molecule has 0 atom stereocenters. The first-order valence-electron chi connectivity index (χ1n) is 4.62. The zero-order chi connectivity index (χ0) is 12.8. The van der Waals surface area contributed by atoms with Crippen LogP contribution in [-0.2, 0) is 9.59 Å². The van der Waals surface area contributed by atoms with Crippen molar-refractivity contribution < 1.29 is 14.7 Å². The average molecular weight is 274 g/mol. The molecule has 0 aromatic heterocycles. The van der Waals surface area contributed by atoms with Gasteiger partial charge in [0.1, 0.15) is 6.54 Å². The highest BCUT2D eigenvalue weighted by molar-refractivity contribution is 6.42. The zero-order valence-electron chi connectivity index (χ0n) is 8.61. The van der Waals surface area contributed by atoms with Gasteiger partial charge in [-0.3, -0.25) is 9.59 Å². The van der Waals surface area contributed by atoms with E-state index in [0.29, 0.717) is 15.6 Å². The van der Waals surface area contributed by atoms with Crippen LogP contribution in [0.2, 0.25) is 10.0 Å². The molecule has 0 unspecified atom stereocenters. The maximum atomic E-state index is 11.2. The van der Waals surface area contributed by atoms with E-state index in [-0.39, 0.29) is 0 Å². The third kappa shape index (κ3) is 4.46. The highest BCUT2D eigenvalue weighted by atomic mass is 35.5. The summed E-state index contributed by atoms with van der Waals surface area (Å²) in [4.78, 5) is 21.4. The fourth-order valence-corrected chi connectivity index (χ4v) is 1.41. The molecule has 2 N–H and O–H groups in total. The molecule has 0 saturated heterocycles. The predicted octanol–water partition coefficient (Wildman–Crippen LogP) is 2.21. The van der Waals surface area contributed by atoms with Crippen LogP contribution in [0, 0.1) is 0 Å². The standard InChI is InChI=1S/C11H9Cl2NO3/c12-8-3-1-2-7(11(8)13)4-5-9(15)14-6-10(16)17/h1-5H,6H2,(H,14,15)(H,16,17)/b5-4+. The summed E-state index contributed by atoms with van der Waals surface area (Å²) in [6, 6.07) is 5.02. The average Bonchev–Trinajstić information content (AvgIpc) is 2.28. The van der Waals surface area contributed by atoms with E-state index < -0.39 is 18.4 Å². The van der Waals surface area contributed by atoms with Crippen molar-refractivity contribution in [3.8, 4) is 0 Å². The van der Waals surface area contributed by atoms with Crippen LogP contribution in [0.1, 0.15) is 5.56 Å². The number of carbonyl (C=O) groups is 2. The number of nitrogens with one attached hydrogen (secondary N) is 1. The van der Waals surface area contributed by atoms with E-state index in [1.165, 1.54) is 12.2 Å². The summed E-state index contributed by atoms with van der Waals surface area (Å²) in [5.74, 6) is -1.61. The number of hydrogen-bond donors (Lipinski definition) is 2. The van der Waals surface area contributed by atoms with Crippen molar-refractivity contribution in [2.24, 2.45) is 0 Å². The zero-order valence-corrected chi connectivity index (χ0v) is 10.1. The smallest absolute Gasteiger partial charge is 0.322 e. The minimum absolute atomic E-state index is 0.344. The lowest BCUT2D eigenvalue weighted by atomic mass is 10.2. The third-order valence-electron chi connectivity index (χ3n) is 1.81. The first-order chi connectivity index (χ1) is 8.00. The SMILES string of the molecule is O=C(O)CNC(=O)/C=C/c1cccc(Cl)c1Cl. The maximum absolute atomic E-state index is 11.2.